The summed E-state index contributed by atoms with van der Waals surface area (Å²) >= 11 is 6.16. The normalized spacial score (nSPS) is 18.3. The molecule has 7 heteroatoms. The molecule has 1 amide bonds. The van der Waals surface area contributed by atoms with Crippen LogP contribution in [0.15, 0.2) is 22.7 Å². The molecule has 2 fully saturated rings. The maximum absolute atomic E-state index is 14.3. The van der Waals surface area contributed by atoms with Gasteiger partial charge in [0.1, 0.15) is 22.8 Å². The molecular formula is C19H21ClFN3O2. The molecule has 2 aliphatic rings. The van der Waals surface area contributed by atoms with E-state index in [1.807, 2.05) is 0 Å². The highest BCUT2D eigenvalue weighted by molar-refractivity contribution is 6.33. The molecule has 0 N–H and O–H groups in total. The quantitative estimate of drug-likeness (QED) is 0.816. The number of aromatic nitrogens is 1. The summed E-state index contributed by atoms with van der Waals surface area (Å²) in [6.45, 7) is 5.83. The maximum atomic E-state index is 14.3. The van der Waals surface area contributed by atoms with Crippen molar-refractivity contribution in [3.63, 3.8) is 0 Å². The molecule has 0 bridgehead atoms. The van der Waals surface area contributed by atoms with Crippen LogP contribution in [0.3, 0.4) is 0 Å². The largest absolute Gasteiger partial charge is 0.360 e. The van der Waals surface area contributed by atoms with Gasteiger partial charge in [0.2, 0.25) is 0 Å². The summed E-state index contributed by atoms with van der Waals surface area (Å²) in [6.07, 6.45) is 2.65. The second-order valence-electron chi connectivity index (χ2n) is 7.10. The van der Waals surface area contributed by atoms with Crippen molar-refractivity contribution >= 4 is 17.5 Å². The van der Waals surface area contributed by atoms with Gasteiger partial charge in [-0.15, -0.1) is 0 Å². The van der Waals surface area contributed by atoms with Crippen LogP contribution in [0.4, 0.5) is 4.39 Å². The number of amides is 1. The molecule has 1 saturated heterocycles. The minimum absolute atomic E-state index is 0.113. The third-order valence-electron chi connectivity index (χ3n) is 5.15. The highest BCUT2D eigenvalue weighted by Gasteiger charge is 2.32. The van der Waals surface area contributed by atoms with E-state index >= 15 is 0 Å². The Hall–Kier alpha value is -1.92. The molecule has 2 heterocycles. The highest BCUT2D eigenvalue weighted by atomic mass is 35.5. The minimum atomic E-state index is -0.519. The van der Waals surface area contributed by atoms with Crippen molar-refractivity contribution in [2.45, 2.75) is 19.8 Å². The van der Waals surface area contributed by atoms with Crippen LogP contribution in [0, 0.1) is 18.7 Å². The third kappa shape index (κ3) is 3.35. The first-order chi connectivity index (χ1) is 12.5. The van der Waals surface area contributed by atoms with Gasteiger partial charge in [0, 0.05) is 32.7 Å². The predicted octanol–water partition coefficient (Wildman–Crippen LogP) is 3.61. The molecule has 2 aromatic rings. The molecule has 26 heavy (non-hydrogen) atoms. The van der Waals surface area contributed by atoms with Gasteiger partial charge in [0.25, 0.3) is 5.91 Å². The smallest absolute Gasteiger partial charge is 0.259 e. The highest BCUT2D eigenvalue weighted by Crippen LogP contribution is 2.34. The number of carbonyl (C=O) groups excluding carboxylic acids is 1. The molecule has 5 nitrogen and oxygen atoms in total. The average Bonchev–Trinajstić information content (AvgIpc) is 3.36. The number of piperazine rings is 1. The van der Waals surface area contributed by atoms with Crippen molar-refractivity contribution < 1.29 is 13.7 Å². The lowest BCUT2D eigenvalue weighted by atomic mass is 10.0. The van der Waals surface area contributed by atoms with Crippen molar-refractivity contribution in [1.82, 2.24) is 15.0 Å². The van der Waals surface area contributed by atoms with Gasteiger partial charge < -0.3 is 9.42 Å². The lowest BCUT2D eigenvalue weighted by Gasteiger charge is -2.34. The zero-order valence-corrected chi connectivity index (χ0v) is 15.4. The fraction of sp³-hybridized carbons (Fsp3) is 0.474. The van der Waals surface area contributed by atoms with Crippen molar-refractivity contribution in [3.8, 4) is 11.3 Å². The Morgan fingerprint density at radius 3 is 2.69 bits per heavy atom. The molecule has 1 aromatic heterocycles. The topological polar surface area (TPSA) is 49.6 Å². The van der Waals surface area contributed by atoms with Gasteiger partial charge in [-0.3, -0.25) is 9.69 Å². The second kappa shape index (κ2) is 7.00. The van der Waals surface area contributed by atoms with Gasteiger partial charge in [-0.05, 0) is 37.8 Å². The molecule has 138 valence electrons. The molecule has 0 spiro atoms. The average molecular weight is 378 g/mol. The van der Waals surface area contributed by atoms with Crippen LogP contribution in [0.5, 0.6) is 0 Å². The van der Waals surface area contributed by atoms with Crippen LogP contribution in [0.2, 0.25) is 5.02 Å². The summed E-state index contributed by atoms with van der Waals surface area (Å²) in [5, 5.41) is 4.14. The summed E-state index contributed by atoms with van der Waals surface area (Å²) < 4.78 is 19.5. The van der Waals surface area contributed by atoms with Crippen LogP contribution in [-0.2, 0) is 0 Å². The molecule has 0 unspecified atom stereocenters. The molecule has 1 aliphatic heterocycles. The van der Waals surface area contributed by atoms with Crippen LogP contribution in [-0.4, -0.2) is 53.6 Å². The van der Waals surface area contributed by atoms with Crippen LogP contribution < -0.4 is 0 Å². The molecule has 1 aliphatic carbocycles. The Kier molecular flexibility index (Phi) is 4.71. The third-order valence-corrected chi connectivity index (χ3v) is 5.46. The number of nitrogens with zero attached hydrogens (tertiary/aromatic N) is 3. The summed E-state index contributed by atoms with van der Waals surface area (Å²) in [6, 6.07) is 4.40. The van der Waals surface area contributed by atoms with E-state index in [1.54, 1.807) is 17.9 Å². The van der Waals surface area contributed by atoms with E-state index in [4.69, 9.17) is 16.1 Å². The van der Waals surface area contributed by atoms with E-state index in [0.717, 1.165) is 25.6 Å². The number of benzene rings is 1. The predicted molar refractivity (Wildman–Crippen MR) is 96.7 cm³/mol. The Labute approximate surface area is 156 Å². The number of hydrogen-bond donors (Lipinski definition) is 0. The Morgan fingerprint density at radius 2 is 2.04 bits per heavy atom. The van der Waals surface area contributed by atoms with E-state index in [9.17, 15) is 9.18 Å². The monoisotopic (exact) mass is 377 g/mol. The van der Waals surface area contributed by atoms with Crippen LogP contribution in [0.1, 0.15) is 29.0 Å². The Bertz CT molecular complexity index is 806. The van der Waals surface area contributed by atoms with Crippen LogP contribution >= 0.6 is 11.6 Å². The molecule has 1 aromatic carbocycles. The Morgan fingerprint density at radius 1 is 1.31 bits per heavy atom. The molecule has 0 radical (unpaired) electrons. The first-order valence-corrected chi connectivity index (χ1v) is 9.34. The number of aryl methyl sites for hydroxylation is 1. The van der Waals surface area contributed by atoms with Crippen molar-refractivity contribution in [1.29, 1.82) is 0 Å². The van der Waals surface area contributed by atoms with E-state index in [-0.39, 0.29) is 22.2 Å². The lowest BCUT2D eigenvalue weighted by Crippen LogP contribution is -2.49. The molecule has 0 atom stereocenters. The zero-order chi connectivity index (χ0) is 18.3. The molecule has 1 saturated carbocycles. The van der Waals surface area contributed by atoms with Gasteiger partial charge in [0.05, 0.1) is 10.6 Å². The van der Waals surface area contributed by atoms with E-state index in [2.05, 4.69) is 10.1 Å². The van der Waals surface area contributed by atoms with E-state index in [0.29, 0.717) is 24.4 Å². The van der Waals surface area contributed by atoms with Gasteiger partial charge in [-0.2, -0.15) is 0 Å². The van der Waals surface area contributed by atoms with Gasteiger partial charge in [-0.1, -0.05) is 22.8 Å². The van der Waals surface area contributed by atoms with Gasteiger partial charge in [-0.25, -0.2) is 4.39 Å². The molecular weight excluding hydrogens is 357 g/mol. The first kappa shape index (κ1) is 17.5. The second-order valence-corrected chi connectivity index (χ2v) is 7.50. The van der Waals surface area contributed by atoms with Gasteiger partial charge in [0.15, 0.2) is 0 Å². The summed E-state index contributed by atoms with van der Waals surface area (Å²) in [4.78, 5) is 17.3. The number of rotatable bonds is 4. The summed E-state index contributed by atoms with van der Waals surface area (Å²) in [5.41, 5.74) is 0.588. The van der Waals surface area contributed by atoms with E-state index < -0.39 is 5.82 Å². The first-order valence-electron chi connectivity index (χ1n) is 8.97. The fourth-order valence-corrected chi connectivity index (χ4v) is 3.73. The number of hydrogen-bond acceptors (Lipinski definition) is 4. The van der Waals surface area contributed by atoms with Crippen molar-refractivity contribution in [3.05, 3.63) is 40.4 Å². The fourth-order valence-electron chi connectivity index (χ4n) is 3.48. The van der Waals surface area contributed by atoms with Crippen LogP contribution in [0.25, 0.3) is 11.3 Å². The van der Waals surface area contributed by atoms with Crippen molar-refractivity contribution in [2.24, 2.45) is 5.92 Å². The standard InChI is InChI=1S/C19H21ClFN3O2/c1-12-16(18(22-26-12)17-14(20)3-2-4-15(17)21)19(25)24-9-7-23(8-10-24)11-13-5-6-13/h2-4,13H,5-11H2,1H3. The Balaban J connectivity index is 1.56. The zero-order valence-electron chi connectivity index (χ0n) is 14.7. The maximum Gasteiger partial charge on any atom is 0.259 e. The summed E-state index contributed by atoms with van der Waals surface area (Å²) in [7, 11) is 0. The SMILES string of the molecule is Cc1onc(-c2c(F)cccc2Cl)c1C(=O)N1CCN(CC2CC2)CC1. The lowest BCUT2D eigenvalue weighted by molar-refractivity contribution is 0.0631. The molecule has 4 rings (SSSR count). The minimum Gasteiger partial charge on any atom is -0.360 e. The van der Waals surface area contributed by atoms with Crippen molar-refractivity contribution in [2.75, 3.05) is 32.7 Å². The summed E-state index contributed by atoms with van der Waals surface area (Å²) in [5.74, 6) is 0.523. The number of carbonyl (C=O) groups is 1. The van der Waals surface area contributed by atoms with E-state index in [1.165, 1.54) is 25.0 Å². The number of halogens is 2. The van der Waals surface area contributed by atoms with Gasteiger partial charge >= 0.3 is 0 Å².